The average molecular weight is 266 g/mol. The fraction of sp³-hybridized carbons (Fsp3) is 0.417. The number of amides is 1. The van der Waals surface area contributed by atoms with Crippen molar-refractivity contribution in [3.05, 3.63) is 17.8 Å². The predicted octanol–water partition coefficient (Wildman–Crippen LogP) is 0.277. The molecule has 19 heavy (non-hydrogen) atoms. The Morgan fingerprint density at radius 1 is 1.42 bits per heavy atom. The lowest BCUT2D eigenvalue weighted by atomic mass is 10.2. The van der Waals surface area contributed by atoms with E-state index in [9.17, 15) is 9.59 Å². The van der Waals surface area contributed by atoms with Gasteiger partial charge in [-0.1, -0.05) is 0 Å². The Hall–Kier alpha value is -2.31. The molecule has 1 amide bonds. The molecule has 0 atom stereocenters. The number of rotatable bonds is 5. The molecule has 0 aliphatic heterocycles. The van der Waals surface area contributed by atoms with E-state index in [0.717, 1.165) is 0 Å². The molecule has 0 spiro atoms. The number of carboxylic acid groups (broad SMARTS) is 1. The molecule has 1 heterocycles. The molecule has 0 bridgehead atoms. The van der Waals surface area contributed by atoms with Gasteiger partial charge in [0.1, 0.15) is 0 Å². The minimum absolute atomic E-state index is 0.0243. The molecule has 7 nitrogen and oxygen atoms in total. The Balaban J connectivity index is 2.99. The number of anilines is 2. The van der Waals surface area contributed by atoms with E-state index in [-0.39, 0.29) is 23.7 Å². The zero-order chi connectivity index (χ0) is 14.6. The van der Waals surface area contributed by atoms with Crippen molar-refractivity contribution < 1.29 is 14.7 Å². The fourth-order valence-electron chi connectivity index (χ4n) is 1.50. The second-order valence-corrected chi connectivity index (χ2v) is 4.24. The summed E-state index contributed by atoms with van der Waals surface area (Å²) in [6, 6.07) is 1.34. The lowest BCUT2D eigenvalue weighted by molar-refractivity contribution is -0.127. The van der Waals surface area contributed by atoms with E-state index in [1.165, 1.54) is 17.2 Å². The highest BCUT2D eigenvalue weighted by Gasteiger charge is 2.16. The number of hydrogen-bond acceptors (Lipinski definition) is 5. The van der Waals surface area contributed by atoms with E-state index in [1.807, 2.05) is 6.92 Å². The first kappa shape index (κ1) is 14.7. The predicted molar refractivity (Wildman–Crippen MR) is 72.2 cm³/mol. The van der Waals surface area contributed by atoms with Crippen LogP contribution in [0.15, 0.2) is 12.3 Å². The van der Waals surface area contributed by atoms with Gasteiger partial charge >= 0.3 is 5.97 Å². The molecule has 1 aromatic heterocycles. The van der Waals surface area contributed by atoms with Gasteiger partial charge in [-0.3, -0.25) is 4.79 Å². The van der Waals surface area contributed by atoms with Crippen LogP contribution in [0, 0.1) is 0 Å². The van der Waals surface area contributed by atoms with E-state index in [2.05, 4.69) is 4.98 Å². The minimum Gasteiger partial charge on any atom is -0.478 e. The number of likely N-dealkylation sites (N-methyl/N-ethyl adjacent to an activating group) is 2. The number of nitrogens with two attached hydrogens (primary N) is 1. The summed E-state index contributed by atoms with van der Waals surface area (Å²) in [5.41, 5.74) is 6.06. The van der Waals surface area contributed by atoms with Crippen molar-refractivity contribution in [1.82, 2.24) is 9.88 Å². The molecule has 0 fully saturated rings. The summed E-state index contributed by atoms with van der Waals surface area (Å²) >= 11 is 0. The molecule has 7 heteroatoms. The molecule has 0 saturated heterocycles. The van der Waals surface area contributed by atoms with E-state index >= 15 is 0 Å². The molecule has 0 unspecified atom stereocenters. The molecule has 1 aromatic rings. The number of pyridine rings is 1. The average Bonchev–Trinajstić information content (AvgIpc) is 2.35. The molecule has 104 valence electrons. The zero-order valence-corrected chi connectivity index (χ0v) is 11.3. The van der Waals surface area contributed by atoms with E-state index in [4.69, 9.17) is 10.8 Å². The van der Waals surface area contributed by atoms with Crippen molar-refractivity contribution >= 4 is 23.4 Å². The highest BCUT2D eigenvalue weighted by Crippen LogP contribution is 2.21. The summed E-state index contributed by atoms with van der Waals surface area (Å²) < 4.78 is 0. The Bertz CT molecular complexity index is 488. The quantitative estimate of drug-likeness (QED) is 0.794. The summed E-state index contributed by atoms with van der Waals surface area (Å²) in [5, 5.41) is 8.84. The first-order valence-electron chi connectivity index (χ1n) is 5.80. The third-order valence-corrected chi connectivity index (χ3v) is 2.65. The van der Waals surface area contributed by atoms with Crippen LogP contribution in [0.1, 0.15) is 17.3 Å². The van der Waals surface area contributed by atoms with Gasteiger partial charge in [0.2, 0.25) is 5.91 Å². The van der Waals surface area contributed by atoms with Gasteiger partial charge < -0.3 is 20.6 Å². The molecular formula is C12H18N4O3. The number of carboxylic acids is 1. The number of nitrogen functional groups attached to an aromatic ring is 1. The van der Waals surface area contributed by atoms with E-state index in [1.54, 1.807) is 19.0 Å². The maximum absolute atomic E-state index is 11.7. The standard InChI is InChI=1S/C12H18N4O3/c1-4-16(7-10(17)15(2)3)11-9(13)5-8(6-14-11)12(18)19/h5-6H,4,7,13H2,1-3H3,(H,18,19). The normalized spacial score (nSPS) is 10.1. The third-order valence-electron chi connectivity index (χ3n) is 2.65. The monoisotopic (exact) mass is 266 g/mol. The molecule has 0 aromatic carbocycles. The van der Waals surface area contributed by atoms with Crippen LogP contribution in [0.4, 0.5) is 11.5 Å². The van der Waals surface area contributed by atoms with Crippen LogP contribution in [0.5, 0.6) is 0 Å². The summed E-state index contributed by atoms with van der Waals surface area (Å²) in [6.45, 7) is 2.56. The van der Waals surface area contributed by atoms with Crippen LogP contribution in [-0.2, 0) is 4.79 Å². The maximum atomic E-state index is 11.7. The fourth-order valence-corrected chi connectivity index (χ4v) is 1.50. The van der Waals surface area contributed by atoms with Crippen LogP contribution < -0.4 is 10.6 Å². The Morgan fingerprint density at radius 2 is 2.05 bits per heavy atom. The van der Waals surface area contributed by atoms with Crippen LogP contribution in [0.2, 0.25) is 0 Å². The Kier molecular flexibility index (Phi) is 4.68. The van der Waals surface area contributed by atoms with Crippen molar-refractivity contribution in [2.24, 2.45) is 0 Å². The van der Waals surface area contributed by atoms with Gasteiger partial charge in [-0.25, -0.2) is 9.78 Å². The van der Waals surface area contributed by atoms with Gasteiger partial charge in [0.25, 0.3) is 0 Å². The summed E-state index contributed by atoms with van der Waals surface area (Å²) in [4.78, 5) is 29.7. The lowest BCUT2D eigenvalue weighted by Gasteiger charge is -2.24. The molecular weight excluding hydrogens is 248 g/mol. The summed E-state index contributed by atoms with van der Waals surface area (Å²) in [5.74, 6) is -0.744. The van der Waals surface area contributed by atoms with Crippen molar-refractivity contribution in [2.45, 2.75) is 6.92 Å². The van der Waals surface area contributed by atoms with Crippen LogP contribution in [0.3, 0.4) is 0 Å². The highest BCUT2D eigenvalue weighted by atomic mass is 16.4. The number of carbonyl (C=O) groups is 2. The summed E-state index contributed by atoms with van der Waals surface area (Å²) in [7, 11) is 3.33. The number of aromatic nitrogens is 1. The number of aromatic carboxylic acids is 1. The topological polar surface area (TPSA) is 99.8 Å². The first-order valence-corrected chi connectivity index (χ1v) is 5.80. The van der Waals surface area contributed by atoms with Crippen molar-refractivity contribution in [3.8, 4) is 0 Å². The SMILES string of the molecule is CCN(CC(=O)N(C)C)c1ncc(C(=O)O)cc1N. The van der Waals surface area contributed by atoms with Gasteiger partial charge in [0.05, 0.1) is 17.8 Å². The summed E-state index contributed by atoms with van der Waals surface area (Å²) in [6.07, 6.45) is 1.23. The van der Waals surface area contributed by atoms with Gasteiger partial charge in [-0.2, -0.15) is 0 Å². The van der Waals surface area contributed by atoms with Crippen molar-refractivity contribution in [2.75, 3.05) is 37.8 Å². The zero-order valence-electron chi connectivity index (χ0n) is 11.3. The van der Waals surface area contributed by atoms with Crippen LogP contribution in [0.25, 0.3) is 0 Å². The van der Waals surface area contributed by atoms with Crippen LogP contribution >= 0.6 is 0 Å². The number of nitrogens with zero attached hydrogens (tertiary/aromatic N) is 3. The molecule has 0 aliphatic carbocycles. The maximum Gasteiger partial charge on any atom is 0.337 e. The highest BCUT2D eigenvalue weighted by molar-refractivity contribution is 5.89. The van der Waals surface area contributed by atoms with Gasteiger partial charge in [0.15, 0.2) is 5.82 Å². The second-order valence-electron chi connectivity index (χ2n) is 4.24. The third kappa shape index (κ3) is 3.57. The van der Waals surface area contributed by atoms with Gasteiger partial charge in [-0.05, 0) is 13.0 Å². The van der Waals surface area contributed by atoms with Crippen LogP contribution in [-0.4, -0.2) is 54.1 Å². The molecule has 0 saturated carbocycles. The molecule has 0 radical (unpaired) electrons. The Labute approximate surface area is 111 Å². The molecule has 3 N–H and O–H groups in total. The van der Waals surface area contributed by atoms with Crippen molar-refractivity contribution in [1.29, 1.82) is 0 Å². The van der Waals surface area contributed by atoms with Crippen molar-refractivity contribution in [3.63, 3.8) is 0 Å². The molecule has 0 aliphatic rings. The van der Waals surface area contributed by atoms with Gasteiger partial charge in [0, 0.05) is 26.8 Å². The Morgan fingerprint density at radius 3 is 2.47 bits per heavy atom. The molecule has 1 rings (SSSR count). The smallest absolute Gasteiger partial charge is 0.337 e. The first-order chi connectivity index (χ1) is 8.86. The largest absolute Gasteiger partial charge is 0.478 e. The number of carbonyl (C=O) groups excluding carboxylic acids is 1. The lowest BCUT2D eigenvalue weighted by Crippen LogP contribution is -2.37. The minimum atomic E-state index is -1.09. The van der Waals surface area contributed by atoms with Gasteiger partial charge in [-0.15, -0.1) is 0 Å². The van der Waals surface area contributed by atoms with E-state index < -0.39 is 5.97 Å². The second kappa shape index (κ2) is 6.03. The number of hydrogen-bond donors (Lipinski definition) is 2. The van der Waals surface area contributed by atoms with E-state index in [0.29, 0.717) is 12.4 Å².